The predicted octanol–water partition coefficient (Wildman–Crippen LogP) is 2.73. The van der Waals surface area contributed by atoms with Gasteiger partial charge in [-0.3, -0.25) is 14.9 Å². The lowest BCUT2D eigenvalue weighted by molar-refractivity contribution is -0.384. The quantitative estimate of drug-likeness (QED) is 0.491. The number of benzene rings is 1. The number of rotatable bonds is 2. The number of pyridine rings is 1. The van der Waals surface area contributed by atoms with E-state index in [0.717, 1.165) is 0 Å². The summed E-state index contributed by atoms with van der Waals surface area (Å²) in [7, 11) is 0. The number of aromatic nitrogens is 1. The highest BCUT2D eigenvalue weighted by Gasteiger charge is 2.15. The summed E-state index contributed by atoms with van der Waals surface area (Å²) >= 11 is 1.95. The average molecular weight is 381 g/mol. The molecule has 6 nitrogen and oxygen atoms in total. The van der Waals surface area contributed by atoms with Crippen molar-refractivity contribution in [3.8, 4) is 17.2 Å². The molecule has 1 heterocycles. The summed E-state index contributed by atoms with van der Waals surface area (Å²) in [6.07, 6.45) is 0. The summed E-state index contributed by atoms with van der Waals surface area (Å²) in [4.78, 5) is 24.6. The van der Waals surface area contributed by atoms with Gasteiger partial charge in [0.2, 0.25) is 0 Å². The Kier molecular flexibility index (Phi) is 3.85. The molecule has 0 saturated carbocycles. The molecule has 0 atom stereocenters. The molecule has 1 N–H and O–H groups in total. The number of hydrogen-bond donors (Lipinski definition) is 1. The van der Waals surface area contributed by atoms with Gasteiger partial charge in [0.25, 0.3) is 11.2 Å². The zero-order valence-corrected chi connectivity index (χ0v) is 12.5. The van der Waals surface area contributed by atoms with Crippen LogP contribution >= 0.6 is 22.6 Å². The van der Waals surface area contributed by atoms with Gasteiger partial charge in [0.1, 0.15) is 11.6 Å². The van der Waals surface area contributed by atoms with E-state index in [2.05, 4.69) is 4.98 Å². The van der Waals surface area contributed by atoms with Crippen LogP contribution in [0.4, 0.5) is 5.69 Å². The molecule has 2 aromatic rings. The number of aromatic amines is 1. The van der Waals surface area contributed by atoms with Gasteiger partial charge in [-0.05, 0) is 47.2 Å². The first-order valence-corrected chi connectivity index (χ1v) is 6.60. The zero-order valence-electron chi connectivity index (χ0n) is 10.3. The second-order valence-corrected chi connectivity index (χ2v) is 5.27. The largest absolute Gasteiger partial charge is 0.325 e. The molecule has 20 heavy (non-hydrogen) atoms. The Morgan fingerprint density at radius 2 is 2.05 bits per heavy atom. The number of nitrogens with one attached hydrogen (secondary N) is 1. The van der Waals surface area contributed by atoms with E-state index >= 15 is 0 Å². The minimum absolute atomic E-state index is 0.00219. The van der Waals surface area contributed by atoms with Gasteiger partial charge in [0.15, 0.2) is 0 Å². The van der Waals surface area contributed by atoms with Crippen molar-refractivity contribution in [1.29, 1.82) is 5.26 Å². The maximum Gasteiger partial charge on any atom is 0.270 e. The molecule has 100 valence electrons. The van der Waals surface area contributed by atoms with Crippen molar-refractivity contribution in [2.75, 3.05) is 0 Å². The van der Waals surface area contributed by atoms with Gasteiger partial charge in [0, 0.05) is 27.0 Å². The van der Waals surface area contributed by atoms with E-state index in [9.17, 15) is 14.9 Å². The van der Waals surface area contributed by atoms with Crippen LogP contribution in [0.5, 0.6) is 0 Å². The number of nitriles is 1. The van der Waals surface area contributed by atoms with Gasteiger partial charge in [-0.15, -0.1) is 0 Å². The number of nitro benzene ring substituents is 1. The van der Waals surface area contributed by atoms with E-state index < -0.39 is 10.5 Å². The maximum atomic E-state index is 11.8. The number of nitrogens with zero attached hydrogens (tertiary/aromatic N) is 2. The fraction of sp³-hybridized carbons (Fsp3) is 0.0769. The Morgan fingerprint density at radius 3 is 2.60 bits per heavy atom. The number of nitro groups is 1. The molecule has 0 aliphatic heterocycles. The second-order valence-electron chi connectivity index (χ2n) is 4.10. The van der Waals surface area contributed by atoms with E-state index in [1.807, 2.05) is 28.7 Å². The van der Waals surface area contributed by atoms with Crippen LogP contribution in [-0.2, 0) is 0 Å². The van der Waals surface area contributed by atoms with Crippen molar-refractivity contribution in [2.24, 2.45) is 0 Å². The summed E-state index contributed by atoms with van der Waals surface area (Å²) in [5, 5.41) is 19.8. The molecule has 0 radical (unpaired) electrons. The minimum atomic E-state index is -0.486. The first kappa shape index (κ1) is 14.2. The summed E-state index contributed by atoms with van der Waals surface area (Å²) < 4.78 is 0.610. The van der Waals surface area contributed by atoms with E-state index in [1.54, 1.807) is 19.1 Å². The third kappa shape index (κ3) is 2.55. The van der Waals surface area contributed by atoms with Gasteiger partial charge >= 0.3 is 0 Å². The first-order valence-electron chi connectivity index (χ1n) is 5.52. The molecule has 1 aromatic carbocycles. The molecule has 0 bridgehead atoms. The van der Waals surface area contributed by atoms with Crippen LogP contribution in [0, 0.1) is 31.9 Å². The van der Waals surface area contributed by atoms with Crippen LogP contribution < -0.4 is 5.56 Å². The highest BCUT2D eigenvalue weighted by atomic mass is 127. The number of H-pyrrole nitrogens is 1. The van der Waals surface area contributed by atoms with E-state index in [0.29, 0.717) is 20.4 Å². The van der Waals surface area contributed by atoms with Crippen molar-refractivity contribution in [1.82, 2.24) is 4.98 Å². The topological polar surface area (TPSA) is 99.8 Å². The molecule has 0 aliphatic rings. The Morgan fingerprint density at radius 1 is 1.35 bits per heavy atom. The van der Waals surface area contributed by atoms with Crippen LogP contribution in [0.1, 0.15) is 11.3 Å². The molecule has 0 amide bonds. The molecule has 2 rings (SSSR count). The summed E-state index contributed by atoms with van der Waals surface area (Å²) in [5.74, 6) is 0. The molecule has 0 unspecified atom stereocenters. The Bertz CT molecular complexity index is 805. The van der Waals surface area contributed by atoms with Crippen LogP contribution in [0.15, 0.2) is 29.1 Å². The summed E-state index contributed by atoms with van der Waals surface area (Å²) in [5.41, 5.74) is 1.24. The van der Waals surface area contributed by atoms with Gasteiger partial charge in [-0.25, -0.2) is 0 Å². The molecule has 0 fully saturated rings. The SMILES string of the molecule is Cc1cc(-c2ccc([N+](=O)[O-])cc2I)c(C#N)c(=O)[nH]1. The van der Waals surface area contributed by atoms with Crippen LogP contribution in [0.2, 0.25) is 0 Å². The lowest BCUT2D eigenvalue weighted by atomic mass is 10.0. The smallest absolute Gasteiger partial charge is 0.270 e. The fourth-order valence-electron chi connectivity index (χ4n) is 1.85. The second kappa shape index (κ2) is 5.42. The van der Waals surface area contributed by atoms with Crippen LogP contribution in [0.3, 0.4) is 0 Å². The molecule has 0 saturated heterocycles. The standard InChI is InChI=1S/C13H8IN3O3/c1-7-4-10(11(6-15)13(18)16-7)9-3-2-8(17(19)20)5-12(9)14/h2-5H,1H3,(H,16,18). The van der Waals surface area contributed by atoms with Crippen molar-refractivity contribution in [3.05, 3.63) is 59.6 Å². The summed E-state index contributed by atoms with van der Waals surface area (Å²) in [6.45, 7) is 1.71. The third-order valence-electron chi connectivity index (χ3n) is 2.73. The van der Waals surface area contributed by atoms with Gasteiger partial charge in [0.05, 0.1) is 4.92 Å². The number of halogens is 1. The van der Waals surface area contributed by atoms with Gasteiger partial charge in [-0.2, -0.15) is 5.26 Å². The van der Waals surface area contributed by atoms with Crippen molar-refractivity contribution in [3.63, 3.8) is 0 Å². The highest BCUT2D eigenvalue weighted by molar-refractivity contribution is 14.1. The van der Waals surface area contributed by atoms with E-state index in [4.69, 9.17) is 5.26 Å². The Balaban J connectivity index is 2.73. The molecular weight excluding hydrogens is 373 g/mol. The van der Waals surface area contributed by atoms with Gasteiger partial charge < -0.3 is 4.98 Å². The molecule has 0 spiro atoms. The van der Waals surface area contributed by atoms with E-state index in [1.165, 1.54) is 12.1 Å². The summed E-state index contributed by atoms with van der Waals surface area (Å²) in [6, 6.07) is 7.87. The number of aryl methyl sites for hydroxylation is 1. The fourth-order valence-corrected chi connectivity index (χ4v) is 2.64. The van der Waals surface area contributed by atoms with Crippen molar-refractivity contribution in [2.45, 2.75) is 6.92 Å². The predicted molar refractivity (Wildman–Crippen MR) is 81.3 cm³/mol. The lowest BCUT2D eigenvalue weighted by Crippen LogP contribution is -2.13. The highest BCUT2D eigenvalue weighted by Crippen LogP contribution is 2.29. The molecular formula is C13H8IN3O3. The first-order chi connectivity index (χ1) is 9.43. The molecule has 1 aromatic heterocycles. The number of non-ortho nitro benzene ring substituents is 1. The Hall–Kier alpha value is -2.21. The third-order valence-corrected chi connectivity index (χ3v) is 3.63. The monoisotopic (exact) mass is 381 g/mol. The average Bonchev–Trinajstić information content (AvgIpc) is 2.37. The van der Waals surface area contributed by atoms with Crippen LogP contribution in [0.25, 0.3) is 11.1 Å². The normalized spacial score (nSPS) is 10.1. The maximum absolute atomic E-state index is 11.8. The van der Waals surface area contributed by atoms with Gasteiger partial charge in [-0.1, -0.05) is 0 Å². The number of hydrogen-bond acceptors (Lipinski definition) is 4. The van der Waals surface area contributed by atoms with Crippen LogP contribution in [-0.4, -0.2) is 9.91 Å². The molecule has 0 aliphatic carbocycles. The Labute approximate surface area is 127 Å². The van der Waals surface area contributed by atoms with E-state index in [-0.39, 0.29) is 11.3 Å². The zero-order chi connectivity index (χ0) is 14.9. The van der Waals surface area contributed by atoms with Crippen molar-refractivity contribution >= 4 is 28.3 Å². The lowest BCUT2D eigenvalue weighted by Gasteiger charge is -2.07. The van der Waals surface area contributed by atoms with Crippen molar-refractivity contribution < 1.29 is 4.92 Å². The minimum Gasteiger partial charge on any atom is -0.325 e. The molecule has 7 heteroatoms.